The van der Waals surface area contributed by atoms with Gasteiger partial charge in [0.25, 0.3) is 0 Å². The summed E-state index contributed by atoms with van der Waals surface area (Å²) in [6, 6.07) is 15.0. The third kappa shape index (κ3) is 3.77. The topological polar surface area (TPSA) is 49.6 Å². The van der Waals surface area contributed by atoms with Crippen LogP contribution in [0.3, 0.4) is 0 Å². The Morgan fingerprint density at radius 2 is 1.68 bits per heavy atom. The van der Waals surface area contributed by atoms with Crippen LogP contribution < -0.4 is 4.90 Å². The van der Waals surface area contributed by atoms with E-state index in [1.165, 1.54) is 12.1 Å². The number of benzene rings is 1. The average Bonchev–Trinajstić information content (AvgIpc) is 3.18. The molecule has 0 radical (unpaired) electrons. The van der Waals surface area contributed by atoms with Gasteiger partial charge in [0.05, 0.1) is 5.69 Å². The van der Waals surface area contributed by atoms with Crippen LogP contribution in [0.5, 0.6) is 0 Å². The van der Waals surface area contributed by atoms with E-state index in [9.17, 15) is 4.39 Å². The molecule has 1 aliphatic heterocycles. The molecule has 5 rings (SSSR count). The average molecular weight is 417 g/mol. The second-order valence-electron chi connectivity index (χ2n) is 8.13. The summed E-state index contributed by atoms with van der Waals surface area (Å²) in [5, 5.41) is 4.96. The fourth-order valence-corrected chi connectivity index (χ4v) is 4.17. The fraction of sp³-hybridized carbons (Fsp3) is 0.292. The summed E-state index contributed by atoms with van der Waals surface area (Å²) in [5.74, 6) is 0.640. The molecule has 0 N–H and O–H groups in total. The molecular formula is C24H25FN6. The Morgan fingerprint density at radius 1 is 0.903 bits per heavy atom. The Bertz CT molecular complexity index is 1200. The number of anilines is 1. The molecule has 0 saturated carbocycles. The molecule has 1 fully saturated rings. The van der Waals surface area contributed by atoms with E-state index >= 15 is 0 Å². The molecule has 1 aromatic carbocycles. The number of nitrogens with zero attached hydrogens (tertiary/aromatic N) is 6. The van der Waals surface area contributed by atoms with Gasteiger partial charge in [0.1, 0.15) is 17.3 Å². The first-order valence-electron chi connectivity index (χ1n) is 10.7. The van der Waals surface area contributed by atoms with Crippen LogP contribution in [0.15, 0.2) is 60.9 Å². The third-order valence-electron chi connectivity index (χ3n) is 5.88. The lowest BCUT2D eigenvalue weighted by atomic mass is 10.1. The Hall–Kier alpha value is -3.32. The van der Waals surface area contributed by atoms with Crippen molar-refractivity contribution in [1.29, 1.82) is 0 Å². The minimum absolute atomic E-state index is 0.285. The van der Waals surface area contributed by atoms with Crippen molar-refractivity contribution >= 4 is 11.5 Å². The third-order valence-corrected chi connectivity index (χ3v) is 5.88. The standard InChI is InChI=1S/C24H25FN6/c1-17(2)29-12-14-30(15-13-29)22-7-6-21-27-23(19-4-3-5-20(25)16-19)24(31(21)28-22)18-8-10-26-11-9-18/h3-11,16-17H,12-15H2,1-2H3. The molecule has 0 amide bonds. The van der Waals surface area contributed by atoms with Gasteiger partial charge in [0.2, 0.25) is 0 Å². The first-order valence-corrected chi connectivity index (χ1v) is 10.7. The minimum atomic E-state index is -0.285. The number of halogens is 1. The van der Waals surface area contributed by atoms with E-state index in [2.05, 4.69) is 28.6 Å². The highest BCUT2D eigenvalue weighted by molar-refractivity contribution is 5.81. The lowest BCUT2D eigenvalue weighted by Crippen LogP contribution is -2.49. The van der Waals surface area contributed by atoms with Crippen molar-refractivity contribution in [2.24, 2.45) is 0 Å². The summed E-state index contributed by atoms with van der Waals surface area (Å²) in [5.41, 5.74) is 3.95. The van der Waals surface area contributed by atoms with Gasteiger partial charge in [-0.3, -0.25) is 9.88 Å². The van der Waals surface area contributed by atoms with E-state index < -0.39 is 0 Å². The highest BCUT2D eigenvalue weighted by Crippen LogP contribution is 2.33. The maximum atomic E-state index is 14.0. The molecule has 4 aromatic rings. The highest BCUT2D eigenvalue weighted by atomic mass is 19.1. The monoisotopic (exact) mass is 416 g/mol. The summed E-state index contributed by atoms with van der Waals surface area (Å²) in [7, 11) is 0. The number of piperazine rings is 1. The van der Waals surface area contributed by atoms with Gasteiger partial charge in [0.15, 0.2) is 5.65 Å². The molecule has 158 valence electrons. The van der Waals surface area contributed by atoms with Crippen LogP contribution in [-0.2, 0) is 0 Å². The van der Waals surface area contributed by atoms with E-state index in [0.717, 1.165) is 54.5 Å². The summed E-state index contributed by atoms with van der Waals surface area (Å²) < 4.78 is 15.8. The van der Waals surface area contributed by atoms with Crippen molar-refractivity contribution in [3.05, 3.63) is 66.7 Å². The van der Waals surface area contributed by atoms with Crippen LogP contribution in [0.25, 0.3) is 28.2 Å². The second-order valence-corrected chi connectivity index (χ2v) is 8.13. The second kappa shape index (κ2) is 8.07. The van der Waals surface area contributed by atoms with Crippen LogP contribution in [0.1, 0.15) is 13.8 Å². The van der Waals surface area contributed by atoms with E-state index in [-0.39, 0.29) is 5.82 Å². The number of hydrogen-bond acceptors (Lipinski definition) is 5. The molecule has 1 aliphatic rings. The van der Waals surface area contributed by atoms with Gasteiger partial charge >= 0.3 is 0 Å². The molecule has 4 heterocycles. The predicted octanol–water partition coefficient (Wildman–Crippen LogP) is 4.13. The predicted molar refractivity (Wildman–Crippen MR) is 121 cm³/mol. The lowest BCUT2D eigenvalue weighted by Gasteiger charge is -2.37. The zero-order chi connectivity index (χ0) is 21.4. The van der Waals surface area contributed by atoms with Crippen LogP contribution >= 0.6 is 0 Å². The van der Waals surface area contributed by atoms with E-state index in [1.54, 1.807) is 18.5 Å². The van der Waals surface area contributed by atoms with Crippen molar-refractivity contribution < 1.29 is 4.39 Å². The van der Waals surface area contributed by atoms with Crippen molar-refractivity contribution in [2.45, 2.75) is 19.9 Å². The lowest BCUT2D eigenvalue weighted by molar-refractivity contribution is 0.209. The zero-order valence-electron chi connectivity index (χ0n) is 17.7. The molecule has 0 bridgehead atoms. The Balaban J connectivity index is 1.61. The first-order chi connectivity index (χ1) is 15.1. The van der Waals surface area contributed by atoms with Crippen molar-refractivity contribution in [2.75, 3.05) is 31.1 Å². The van der Waals surface area contributed by atoms with Gasteiger partial charge in [0, 0.05) is 55.7 Å². The van der Waals surface area contributed by atoms with Gasteiger partial charge in [-0.25, -0.2) is 13.9 Å². The summed E-state index contributed by atoms with van der Waals surface area (Å²) in [6.07, 6.45) is 3.50. The van der Waals surface area contributed by atoms with Gasteiger partial charge in [-0.2, -0.15) is 0 Å². The van der Waals surface area contributed by atoms with Crippen LogP contribution in [0.2, 0.25) is 0 Å². The molecule has 6 nitrogen and oxygen atoms in total. The van der Waals surface area contributed by atoms with E-state index in [4.69, 9.17) is 10.1 Å². The summed E-state index contributed by atoms with van der Waals surface area (Å²) >= 11 is 0. The molecular weight excluding hydrogens is 391 g/mol. The smallest absolute Gasteiger partial charge is 0.155 e. The summed E-state index contributed by atoms with van der Waals surface area (Å²) in [4.78, 5) is 13.7. The highest BCUT2D eigenvalue weighted by Gasteiger charge is 2.22. The molecule has 1 saturated heterocycles. The number of aromatic nitrogens is 4. The minimum Gasteiger partial charge on any atom is -0.353 e. The molecule has 0 spiro atoms. The van der Waals surface area contributed by atoms with E-state index in [1.807, 2.05) is 34.8 Å². The zero-order valence-corrected chi connectivity index (χ0v) is 17.7. The Labute approximate surface area is 181 Å². The molecule has 3 aromatic heterocycles. The maximum Gasteiger partial charge on any atom is 0.155 e. The molecule has 31 heavy (non-hydrogen) atoms. The number of pyridine rings is 1. The SMILES string of the molecule is CC(C)N1CCN(c2ccc3nc(-c4cccc(F)c4)c(-c4ccncc4)n3n2)CC1. The number of hydrogen-bond donors (Lipinski definition) is 0. The van der Waals surface area contributed by atoms with Gasteiger partial charge < -0.3 is 4.90 Å². The van der Waals surface area contributed by atoms with Gasteiger partial charge in [-0.05, 0) is 50.2 Å². The molecule has 0 unspecified atom stereocenters. The largest absolute Gasteiger partial charge is 0.353 e. The first kappa shape index (κ1) is 19.6. The normalized spacial score (nSPS) is 15.2. The summed E-state index contributed by atoms with van der Waals surface area (Å²) in [6.45, 7) is 8.39. The van der Waals surface area contributed by atoms with Crippen molar-refractivity contribution in [3.8, 4) is 22.5 Å². The quantitative estimate of drug-likeness (QED) is 0.501. The van der Waals surface area contributed by atoms with Gasteiger partial charge in [-0.1, -0.05) is 12.1 Å². The van der Waals surface area contributed by atoms with Crippen LogP contribution in [0, 0.1) is 5.82 Å². The van der Waals surface area contributed by atoms with Crippen molar-refractivity contribution in [1.82, 2.24) is 24.5 Å². The number of imidazole rings is 1. The van der Waals surface area contributed by atoms with Crippen molar-refractivity contribution in [3.63, 3.8) is 0 Å². The number of rotatable bonds is 4. The molecule has 0 atom stereocenters. The van der Waals surface area contributed by atoms with E-state index in [0.29, 0.717) is 11.7 Å². The fourth-order valence-electron chi connectivity index (χ4n) is 4.17. The van der Waals surface area contributed by atoms with Crippen LogP contribution in [0.4, 0.5) is 10.2 Å². The molecule has 0 aliphatic carbocycles. The van der Waals surface area contributed by atoms with Gasteiger partial charge in [-0.15, -0.1) is 5.10 Å². The Kier molecular flexibility index (Phi) is 5.11. The number of fused-ring (bicyclic) bond motifs is 1. The van der Waals surface area contributed by atoms with Crippen LogP contribution in [-0.4, -0.2) is 56.7 Å². The molecule has 7 heteroatoms. The Morgan fingerprint density at radius 3 is 2.39 bits per heavy atom. The maximum absolute atomic E-state index is 14.0.